The van der Waals surface area contributed by atoms with Crippen molar-refractivity contribution in [3.8, 4) is 0 Å². The SMILES string of the molecule is Cc1ccc(C(C(N)=O)c2ccccc2)cc1. The van der Waals surface area contributed by atoms with Crippen molar-refractivity contribution in [2.24, 2.45) is 5.73 Å². The summed E-state index contributed by atoms with van der Waals surface area (Å²) in [7, 11) is 0. The summed E-state index contributed by atoms with van der Waals surface area (Å²) in [5.74, 6) is -0.683. The van der Waals surface area contributed by atoms with E-state index in [-0.39, 0.29) is 11.8 Å². The van der Waals surface area contributed by atoms with Crippen molar-refractivity contribution in [1.82, 2.24) is 0 Å². The molecule has 2 nitrogen and oxygen atoms in total. The molecule has 1 unspecified atom stereocenters. The Kier molecular flexibility index (Phi) is 3.24. The summed E-state index contributed by atoms with van der Waals surface area (Å²) >= 11 is 0. The third kappa shape index (κ3) is 2.53. The molecular weight excluding hydrogens is 210 g/mol. The highest BCUT2D eigenvalue weighted by Crippen LogP contribution is 2.24. The summed E-state index contributed by atoms with van der Waals surface area (Å²) in [5.41, 5.74) is 8.54. The van der Waals surface area contributed by atoms with Crippen LogP contribution in [0.2, 0.25) is 0 Å². The quantitative estimate of drug-likeness (QED) is 0.857. The van der Waals surface area contributed by atoms with Crippen LogP contribution in [0.4, 0.5) is 0 Å². The molecule has 0 saturated carbocycles. The van der Waals surface area contributed by atoms with Gasteiger partial charge in [-0.15, -0.1) is 0 Å². The second kappa shape index (κ2) is 4.83. The third-order valence-corrected chi connectivity index (χ3v) is 2.83. The highest BCUT2D eigenvalue weighted by Gasteiger charge is 2.19. The normalized spacial score (nSPS) is 12.1. The van der Waals surface area contributed by atoms with E-state index in [2.05, 4.69) is 0 Å². The van der Waals surface area contributed by atoms with Crippen molar-refractivity contribution in [2.45, 2.75) is 12.8 Å². The Hall–Kier alpha value is -2.09. The number of rotatable bonds is 3. The van der Waals surface area contributed by atoms with Gasteiger partial charge in [0.15, 0.2) is 0 Å². The fourth-order valence-electron chi connectivity index (χ4n) is 1.93. The number of amides is 1. The highest BCUT2D eigenvalue weighted by atomic mass is 16.1. The summed E-state index contributed by atoms with van der Waals surface area (Å²) in [6.45, 7) is 2.02. The fraction of sp³-hybridized carbons (Fsp3) is 0.133. The van der Waals surface area contributed by atoms with E-state index in [1.54, 1.807) is 0 Å². The average molecular weight is 225 g/mol. The Morgan fingerprint density at radius 1 is 0.941 bits per heavy atom. The molecule has 2 heteroatoms. The summed E-state index contributed by atoms with van der Waals surface area (Å²) in [6.07, 6.45) is 0. The smallest absolute Gasteiger partial charge is 0.229 e. The molecule has 0 aromatic heterocycles. The highest BCUT2D eigenvalue weighted by molar-refractivity contribution is 5.85. The zero-order chi connectivity index (χ0) is 12.3. The van der Waals surface area contributed by atoms with Gasteiger partial charge in [-0.2, -0.15) is 0 Å². The molecule has 86 valence electrons. The number of aryl methyl sites for hydroxylation is 1. The van der Waals surface area contributed by atoms with Crippen LogP contribution in [0.15, 0.2) is 54.6 Å². The summed E-state index contributed by atoms with van der Waals surface area (Å²) in [5, 5.41) is 0. The second-order valence-corrected chi connectivity index (χ2v) is 4.16. The van der Waals surface area contributed by atoms with E-state index in [9.17, 15) is 4.79 Å². The molecule has 0 spiro atoms. The molecule has 1 amide bonds. The first-order valence-electron chi connectivity index (χ1n) is 5.59. The summed E-state index contributed by atoms with van der Waals surface area (Å²) < 4.78 is 0. The van der Waals surface area contributed by atoms with Crippen molar-refractivity contribution in [2.75, 3.05) is 0 Å². The van der Waals surface area contributed by atoms with Gasteiger partial charge >= 0.3 is 0 Å². The predicted octanol–water partition coefficient (Wildman–Crippen LogP) is 2.61. The molecule has 0 radical (unpaired) electrons. The van der Waals surface area contributed by atoms with E-state index in [1.807, 2.05) is 61.5 Å². The molecule has 0 aliphatic carbocycles. The molecule has 1 atom stereocenters. The first-order valence-corrected chi connectivity index (χ1v) is 5.59. The number of carbonyl (C=O) groups is 1. The lowest BCUT2D eigenvalue weighted by atomic mass is 9.90. The molecule has 2 aromatic carbocycles. The van der Waals surface area contributed by atoms with Crippen LogP contribution in [0, 0.1) is 6.92 Å². The standard InChI is InChI=1S/C15H15NO/c1-11-7-9-13(10-8-11)14(15(16)17)12-5-3-2-4-6-12/h2-10,14H,1H3,(H2,16,17). The average Bonchev–Trinajstić information content (AvgIpc) is 2.33. The Morgan fingerprint density at radius 2 is 1.47 bits per heavy atom. The zero-order valence-corrected chi connectivity index (χ0v) is 9.76. The first kappa shape index (κ1) is 11.4. The first-order chi connectivity index (χ1) is 8.18. The second-order valence-electron chi connectivity index (χ2n) is 4.16. The minimum atomic E-state index is -0.364. The van der Waals surface area contributed by atoms with E-state index in [0.29, 0.717) is 0 Å². The van der Waals surface area contributed by atoms with E-state index in [4.69, 9.17) is 5.73 Å². The topological polar surface area (TPSA) is 43.1 Å². The number of benzene rings is 2. The molecule has 2 aromatic rings. The monoisotopic (exact) mass is 225 g/mol. The Bertz CT molecular complexity index is 502. The zero-order valence-electron chi connectivity index (χ0n) is 9.76. The van der Waals surface area contributed by atoms with Gasteiger partial charge < -0.3 is 5.73 Å². The molecule has 0 saturated heterocycles. The van der Waals surface area contributed by atoms with Crippen LogP contribution in [0.1, 0.15) is 22.6 Å². The van der Waals surface area contributed by atoms with Gasteiger partial charge in [0.05, 0.1) is 5.92 Å². The van der Waals surface area contributed by atoms with Gasteiger partial charge in [0.2, 0.25) is 5.91 Å². The van der Waals surface area contributed by atoms with Gasteiger partial charge in [-0.25, -0.2) is 0 Å². The van der Waals surface area contributed by atoms with E-state index in [1.165, 1.54) is 5.56 Å². The third-order valence-electron chi connectivity index (χ3n) is 2.83. The Balaban J connectivity index is 2.43. The molecule has 2 N–H and O–H groups in total. The van der Waals surface area contributed by atoms with Crippen LogP contribution in [-0.4, -0.2) is 5.91 Å². The van der Waals surface area contributed by atoms with Crippen molar-refractivity contribution in [3.05, 3.63) is 71.3 Å². The van der Waals surface area contributed by atoms with Gasteiger partial charge in [0, 0.05) is 0 Å². The largest absolute Gasteiger partial charge is 0.369 e. The maximum Gasteiger partial charge on any atom is 0.229 e. The maximum absolute atomic E-state index is 11.6. The molecule has 0 aliphatic heterocycles. The lowest BCUT2D eigenvalue weighted by molar-refractivity contribution is -0.118. The maximum atomic E-state index is 11.6. The molecule has 0 heterocycles. The predicted molar refractivity (Wildman–Crippen MR) is 68.7 cm³/mol. The molecule has 2 rings (SSSR count). The number of hydrogen-bond donors (Lipinski definition) is 1. The molecule has 0 aliphatic rings. The van der Waals surface area contributed by atoms with Crippen molar-refractivity contribution in [3.63, 3.8) is 0 Å². The van der Waals surface area contributed by atoms with E-state index < -0.39 is 0 Å². The van der Waals surface area contributed by atoms with Crippen LogP contribution in [0.25, 0.3) is 0 Å². The number of nitrogens with two attached hydrogens (primary N) is 1. The van der Waals surface area contributed by atoms with Crippen molar-refractivity contribution < 1.29 is 4.79 Å². The van der Waals surface area contributed by atoms with E-state index in [0.717, 1.165) is 11.1 Å². The van der Waals surface area contributed by atoms with Gasteiger partial charge in [-0.05, 0) is 18.1 Å². The molecule has 0 fully saturated rings. The van der Waals surface area contributed by atoms with Crippen LogP contribution in [-0.2, 0) is 4.79 Å². The van der Waals surface area contributed by atoms with Crippen molar-refractivity contribution >= 4 is 5.91 Å². The van der Waals surface area contributed by atoms with Gasteiger partial charge in [-0.1, -0.05) is 60.2 Å². The molecular formula is C15H15NO. The summed E-state index contributed by atoms with van der Waals surface area (Å²) in [4.78, 5) is 11.6. The van der Waals surface area contributed by atoms with Crippen LogP contribution < -0.4 is 5.73 Å². The number of carbonyl (C=O) groups excluding carboxylic acids is 1. The van der Waals surface area contributed by atoms with E-state index >= 15 is 0 Å². The minimum absolute atomic E-state index is 0.319. The van der Waals surface area contributed by atoms with Crippen LogP contribution in [0.3, 0.4) is 0 Å². The number of primary amides is 1. The lowest BCUT2D eigenvalue weighted by Gasteiger charge is -2.14. The van der Waals surface area contributed by atoms with Crippen molar-refractivity contribution in [1.29, 1.82) is 0 Å². The Morgan fingerprint density at radius 3 is 2.00 bits per heavy atom. The minimum Gasteiger partial charge on any atom is -0.369 e. The van der Waals surface area contributed by atoms with Gasteiger partial charge in [0.1, 0.15) is 0 Å². The van der Waals surface area contributed by atoms with Crippen LogP contribution in [0.5, 0.6) is 0 Å². The number of hydrogen-bond acceptors (Lipinski definition) is 1. The van der Waals surface area contributed by atoms with Crippen LogP contribution >= 0.6 is 0 Å². The molecule has 17 heavy (non-hydrogen) atoms. The Labute approximate surface area is 101 Å². The fourth-order valence-corrected chi connectivity index (χ4v) is 1.93. The molecule has 0 bridgehead atoms. The summed E-state index contributed by atoms with van der Waals surface area (Å²) in [6, 6.07) is 17.5. The van der Waals surface area contributed by atoms with Gasteiger partial charge in [0.25, 0.3) is 0 Å². The lowest BCUT2D eigenvalue weighted by Crippen LogP contribution is -2.22. The van der Waals surface area contributed by atoms with Gasteiger partial charge in [-0.3, -0.25) is 4.79 Å².